The molecule has 0 spiro atoms. The van der Waals surface area contributed by atoms with Crippen LogP contribution < -0.4 is 4.74 Å². The van der Waals surface area contributed by atoms with E-state index in [2.05, 4.69) is 33.0 Å². The maximum absolute atomic E-state index is 5.63. The van der Waals surface area contributed by atoms with Gasteiger partial charge in [-0.15, -0.1) is 0 Å². The van der Waals surface area contributed by atoms with E-state index in [0.29, 0.717) is 6.10 Å². The van der Waals surface area contributed by atoms with Crippen LogP contribution in [-0.4, -0.2) is 43.1 Å². The molecule has 0 bridgehead atoms. The fourth-order valence-electron chi connectivity index (χ4n) is 2.05. The van der Waals surface area contributed by atoms with Crippen molar-refractivity contribution in [3.8, 4) is 5.75 Å². The lowest BCUT2D eigenvalue weighted by atomic mass is 10.2. The van der Waals surface area contributed by atoms with Gasteiger partial charge in [-0.1, -0.05) is 28.1 Å². The van der Waals surface area contributed by atoms with E-state index in [9.17, 15) is 0 Å². The molecular weight excluding hydrogens is 282 g/mol. The zero-order valence-corrected chi connectivity index (χ0v) is 11.6. The molecule has 4 heteroatoms. The third kappa shape index (κ3) is 3.69. The third-order valence-corrected chi connectivity index (χ3v) is 3.66. The lowest BCUT2D eigenvalue weighted by molar-refractivity contribution is -0.0181. The molecule has 1 unspecified atom stereocenters. The summed E-state index contributed by atoms with van der Waals surface area (Å²) in [4.78, 5) is 2.42. The minimum absolute atomic E-state index is 0.314. The number of halogens is 1. The van der Waals surface area contributed by atoms with Gasteiger partial charge < -0.3 is 9.47 Å². The lowest BCUT2D eigenvalue weighted by Crippen LogP contribution is -2.42. The summed E-state index contributed by atoms with van der Waals surface area (Å²) < 4.78 is 10.9. The number of morpholine rings is 1. The highest BCUT2D eigenvalue weighted by Crippen LogP contribution is 2.16. The molecule has 0 radical (unpaired) electrons. The number of hydrogen-bond donors (Lipinski definition) is 0. The molecule has 1 aliphatic heterocycles. The average Bonchev–Trinajstić information content (AvgIpc) is 2.39. The second-order valence-corrected chi connectivity index (χ2v) is 4.88. The zero-order valence-electron chi connectivity index (χ0n) is 10.1. The lowest BCUT2D eigenvalue weighted by Gasteiger charge is -2.32. The van der Waals surface area contributed by atoms with Crippen molar-refractivity contribution in [1.29, 1.82) is 0 Å². The van der Waals surface area contributed by atoms with Crippen molar-refractivity contribution in [2.24, 2.45) is 0 Å². The molecule has 1 heterocycles. The third-order valence-electron chi connectivity index (χ3n) is 2.94. The molecule has 94 valence electrons. The normalized spacial score (nSPS) is 21.4. The number of methoxy groups -OCH3 is 1. The Morgan fingerprint density at radius 1 is 1.53 bits per heavy atom. The summed E-state index contributed by atoms with van der Waals surface area (Å²) in [5, 5.41) is 0.904. The molecule has 1 fully saturated rings. The molecule has 2 rings (SSSR count). The van der Waals surface area contributed by atoms with E-state index in [-0.39, 0.29) is 0 Å². The van der Waals surface area contributed by atoms with Crippen LogP contribution in [0.5, 0.6) is 5.75 Å². The van der Waals surface area contributed by atoms with E-state index in [1.807, 2.05) is 12.1 Å². The Hall–Kier alpha value is -0.580. The van der Waals surface area contributed by atoms with E-state index >= 15 is 0 Å². The van der Waals surface area contributed by atoms with E-state index in [1.165, 1.54) is 5.56 Å². The number of alkyl halides is 1. The molecule has 1 saturated heterocycles. The van der Waals surface area contributed by atoms with Crippen LogP contribution in [0.3, 0.4) is 0 Å². The van der Waals surface area contributed by atoms with Crippen LogP contribution in [0.4, 0.5) is 0 Å². The van der Waals surface area contributed by atoms with Gasteiger partial charge in [0, 0.05) is 25.0 Å². The van der Waals surface area contributed by atoms with Crippen molar-refractivity contribution in [1.82, 2.24) is 4.90 Å². The molecule has 1 aromatic carbocycles. The summed E-state index contributed by atoms with van der Waals surface area (Å²) in [5.41, 5.74) is 1.29. The van der Waals surface area contributed by atoms with Gasteiger partial charge in [0.2, 0.25) is 0 Å². The summed E-state index contributed by atoms with van der Waals surface area (Å²) >= 11 is 3.47. The molecule has 1 atom stereocenters. The zero-order chi connectivity index (χ0) is 12.1. The fraction of sp³-hybridized carbons (Fsp3) is 0.538. The SMILES string of the molecule is COc1cccc(CN2CCOC(CBr)C2)c1. The standard InChI is InChI=1S/C13H18BrNO2/c1-16-12-4-2-3-11(7-12)9-15-5-6-17-13(8-14)10-15/h2-4,7,13H,5-6,8-10H2,1H3. The highest BCUT2D eigenvalue weighted by molar-refractivity contribution is 9.09. The molecule has 0 saturated carbocycles. The molecule has 0 amide bonds. The van der Waals surface area contributed by atoms with Gasteiger partial charge in [-0.05, 0) is 17.7 Å². The maximum Gasteiger partial charge on any atom is 0.119 e. The molecule has 3 nitrogen and oxygen atoms in total. The van der Waals surface area contributed by atoms with Crippen LogP contribution in [0.2, 0.25) is 0 Å². The largest absolute Gasteiger partial charge is 0.497 e. The van der Waals surface area contributed by atoms with E-state index < -0.39 is 0 Å². The Morgan fingerprint density at radius 2 is 2.41 bits per heavy atom. The van der Waals surface area contributed by atoms with Crippen molar-refractivity contribution in [3.63, 3.8) is 0 Å². The van der Waals surface area contributed by atoms with Gasteiger partial charge in [0.25, 0.3) is 0 Å². The monoisotopic (exact) mass is 299 g/mol. The van der Waals surface area contributed by atoms with Crippen LogP contribution in [-0.2, 0) is 11.3 Å². The molecule has 0 aromatic heterocycles. The van der Waals surface area contributed by atoms with Gasteiger partial charge in [0.1, 0.15) is 5.75 Å². The highest BCUT2D eigenvalue weighted by Gasteiger charge is 2.19. The van der Waals surface area contributed by atoms with Crippen LogP contribution >= 0.6 is 15.9 Å². The fourth-order valence-corrected chi connectivity index (χ4v) is 2.44. The quantitative estimate of drug-likeness (QED) is 0.796. The van der Waals surface area contributed by atoms with Crippen molar-refractivity contribution in [2.45, 2.75) is 12.6 Å². The van der Waals surface area contributed by atoms with Gasteiger partial charge in [-0.25, -0.2) is 0 Å². The first-order valence-corrected chi connectivity index (χ1v) is 6.97. The molecule has 17 heavy (non-hydrogen) atoms. The summed E-state index contributed by atoms with van der Waals surface area (Å²) in [6.07, 6.45) is 0.314. The Kier molecular flexibility index (Phi) is 4.83. The van der Waals surface area contributed by atoms with Crippen molar-refractivity contribution in [2.75, 3.05) is 32.1 Å². The first kappa shape index (κ1) is 12.9. The number of nitrogens with zero attached hydrogens (tertiary/aromatic N) is 1. The van der Waals surface area contributed by atoms with Crippen LogP contribution in [0, 0.1) is 0 Å². The first-order valence-electron chi connectivity index (χ1n) is 5.84. The van der Waals surface area contributed by atoms with Crippen LogP contribution in [0.1, 0.15) is 5.56 Å². The Labute approximate surface area is 111 Å². The number of rotatable bonds is 4. The second-order valence-electron chi connectivity index (χ2n) is 4.23. The van der Waals surface area contributed by atoms with Crippen molar-refractivity contribution < 1.29 is 9.47 Å². The second kappa shape index (κ2) is 6.38. The summed E-state index contributed by atoms with van der Waals surface area (Å²) in [5.74, 6) is 0.924. The number of benzene rings is 1. The van der Waals surface area contributed by atoms with Gasteiger partial charge in [-0.2, -0.15) is 0 Å². The summed E-state index contributed by atoms with van der Waals surface area (Å²) in [6.45, 7) is 3.77. The predicted octanol–water partition coefficient (Wildman–Crippen LogP) is 2.29. The minimum atomic E-state index is 0.314. The molecule has 1 aromatic rings. The van der Waals surface area contributed by atoms with Crippen molar-refractivity contribution in [3.05, 3.63) is 29.8 Å². The Bertz CT molecular complexity index is 359. The van der Waals surface area contributed by atoms with Gasteiger partial charge in [0.15, 0.2) is 0 Å². The number of hydrogen-bond acceptors (Lipinski definition) is 3. The summed E-state index contributed by atoms with van der Waals surface area (Å²) in [6, 6.07) is 8.25. The van der Waals surface area contributed by atoms with Crippen LogP contribution in [0.15, 0.2) is 24.3 Å². The molecule has 0 aliphatic carbocycles. The topological polar surface area (TPSA) is 21.7 Å². The Balaban J connectivity index is 1.95. The molecule has 1 aliphatic rings. The van der Waals surface area contributed by atoms with Crippen LogP contribution in [0.25, 0.3) is 0 Å². The average molecular weight is 300 g/mol. The maximum atomic E-state index is 5.63. The summed E-state index contributed by atoms with van der Waals surface area (Å²) in [7, 11) is 1.70. The number of ether oxygens (including phenoxy) is 2. The Morgan fingerprint density at radius 3 is 3.18 bits per heavy atom. The van der Waals surface area contributed by atoms with Gasteiger partial charge >= 0.3 is 0 Å². The molecular formula is C13H18BrNO2. The first-order chi connectivity index (χ1) is 8.31. The van der Waals surface area contributed by atoms with E-state index in [1.54, 1.807) is 7.11 Å². The van der Waals surface area contributed by atoms with E-state index in [4.69, 9.17) is 9.47 Å². The van der Waals surface area contributed by atoms with Gasteiger partial charge in [-0.3, -0.25) is 4.90 Å². The highest BCUT2D eigenvalue weighted by atomic mass is 79.9. The van der Waals surface area contributed by atoms with E-state index in [0.717, 1.165) is 37.3 Å². The van der Waals surface area contributed by atoms with Crippen molar-refractivity contribution >= 4 is 15.9 Å². The predicted molar refractivity (Wildman–Crippen MR) is 71.8 cm³/mol. The smallest absolute Gasteiger partial charge is 0.119 e. The molecule has 0 N–H and O–H groups in total. The van der Waals surface area contributed by atoms with Gasteiger partial charge in [0.05, 0.1) is 19.8 Å². The minimum Gasteiger partial charge on any atom is -0.497 e.